The summed E-state index contributed by atoms with van der Waals surface area (Å²) in [5.41, 5.74) is -1.57. The number of anilines is 1. The van der Waals surface area contributed by atoms with Crippen molar-refractivity contribution in [3.05, 3.63) is 47.1 Å². The number of methoxy groups -OCH3 is 1. The molecule has 1 aromatic carbocycles. The van der Waals surface area contributed by atoms with Crippen LogP contribution in [0.3, 0.4) is 0 Å². The third-order valence-electron chi connectivity index (χ3n) is 7.99. The zero-order valence-electron chi connectivity index (χ0n) is 21.3. The Morgan fingerprint density at radius 3 is 2.50 bits per heavy atom. The number of hydrogen-bond acceptors (Lipinski definition) is 6. The van der Waals surface area contributed by atoms with Crippen molar-refractivity contribution in [2.24, 2.45) is 0 Å². The highest BCUT2D eigenvalue weighted by molar-refractivity contribution is 6.13. The third kappa shape index (κ3) is 2.93. The number of aliphatic hydroxyl groups is 2. The first-order valence-electron chi connectivity index (χ1n) is 12.3. The number of rotatable bonds is 4. The zero-order valence-corrected chi connectivity index (χ0v) is 21.3. The molecule has 192 valence electrons. The topological polar surface area (TPSA) is 111 Å². The Kier molecular flexibility index (Phi) is 5.57. The maximum Gasteiger partial charge on any atom is 0.279 e. The van der Waals surface area contributed by atoms with Gasteiger partial charge in [0.1, 0.15) is 23.3 Å². The first-order valence-corrected chi connectivity index (χ1v) is 12.3. The average Bonchev–Trinajstić information content (AvgIpc) is 3.46. The fourth-order valence-corrected chi connectivity index (χ4v) is 6.38. The highest BCUT2D eigenvalue weighted by atomic mass is 16.5. The van der Waals surface area contributed by atoms with Crippen molar-refractivity contribution in [3.63, 3.8) is 0 Å². The molecule has 0 saturated carbocycles. The number of amides is 3. The van der Waals surface area contributed by atoms with Crippen LogP contribution in [0, 0.1) is 0 Å². The predicted molar refractivity (Wildman–Crippen MR) is 132 cm³/mol. The number of carbonyl (C=O) groups excluding carboxylic acids is 3. The second-order valence-corrected chi connectivity index (χ2v) is 10.6. The molecular weight excluding hydrogens is 462 g/mol. The van der Waals surface area contributed by atoms with E-state index in [9.17, 15) is 24.6 Å². The number of carbonyl (C=O) groups is 3. The molecule has 3 amide bonds. The minimum atomic E-state index is -2.56. The van der Waals surface area contributed by atoms with Gasteiger partial charge in [0.05, 0.1) is 18.8 Å². The van der Waals surface area contributed by atoms with Crippen molar-refractivity contribution in [3.8, 4) is 5.75 Å². The molecule has 1 spiro atoms. The van der Waals surface area contributed by atoms with Crippen molar-refractivity contribution >= 4 is 23.4 Å². The molecule has 4 aliphatic rings. The molecule has 0 radical (unpaired) electrons. The minimum absolute atomic E-state index is 0.229. The molecule has 0 aliphatic carbocycles. The number of allylic oxidation sites excluding steroid dienone is 2. The molecule has 1 aromatic rings. The van der Waals surface area contributed by atoms with Crippen molar-refractivity contribution in [1.29, 1.82) is 0 Å². The summed E-state index contributed by atoms with van der Waals surface area (Å²) in [5, 5.41) is 23.9. The summed E-state index contributed by atoms with van der Waals surface area (Å²) in [7, 11) is 1.53. The second-order valence-electron chi connectivity index (χ2n) is 10.6. The molecule has 3 saturated heterocycles. The van der Waals surface area contributed by atoms with E-state index < -0.39 is 47.0 Å². The van der Waals surface area contributed by atoms with Crippen LogP contribution in [0.4, 0.5) is 5.69 Å². The van der Waals surface area contributed by atoms with Gasteiger partial charge < -0.3 is 24.7 Å². The minimum Gasteiger partial charge on any atom is -0.497 e. The van der Waals surface area contributed by atoms with Gasteiger partial charge in [-0.3, -0.25) is 19.3 Å². The molecule has 9 heteroatoms. The highest BCUT2D eigenvalue weighted by Crippen LogP contribution is 2.58. The van der Waals surface area contributed by atoms with Crippen LogP contribution in [0.15, 0.2) is 41.5 Å². The Morgan fingerprint density at radius 1 is 1.14 bits per heavy atom. The molecule has 9 nitrogen and oxygen atoms in total. The fourth-order valence-electron chi connectivity index (χ4n) is 6.38. The zero-order chi connectivity index (χ0) is 26.2. The SMILES string of the molecule is COc1ccc2c(c1)N(CC=C(C)C)C(=O)C21C(C=C(C)C)N2C(=O)C3CCCN3C(=O)C2(O)C1O. The van der Waals surface area contributed by atoms with Crippen molar-refractivity contribution < 1.29 is 29.3 Å². The van der Waals surface area contributed by atoms with Crippen molar-refractivity contribution in [1.82, 2.24) is 9.80 Å². The number of benzene rings is 1. The normalized spacial score (nSPS) is 32.6. The Balaban J connectivity index is 1.79. The molecule has 5 rings (SSSR count). The molecule has 0 bridgehead atoms. The Morgan fingerprint density at radius 2 is 1.86 bits per heavy atom. The van der Waals surface area contributed by atoms with Crippen LogP contribution in [0.1, 0.15) is 46.1 Å². The summed E-state index contributed by atoms with van der Waals surface area (Å²) in [6.45, 7) is 8.05. The molecule has 5 atom stereocenters. The van der Waals surface area contributed by atoms with E-state index >= 15 is 0 Å². The number of hydrogen-bond donors (Lipinski definition) is 2. The largest absolute Gasteiger partial charge is 0.497 e. The number of aliphatic hydroxyl groups excluding tert-OH is 1. The van der Waals surface area contributed by atoms with Gasteiger partial charge in [-0.05, 0) is 52.2 Å². The standard InChI is InChI=1S/C27H33N3O6/c1-15(2)10-12-29-20-14-17(36-5)8-9-18(20)26(24(29)33)21(13-16(3)4)30-22(31)19-7-6-11-28(19)25(34)27(30,35)23(26)32/h8-10,13-14,19,21,23,32,35H,6-7,11-12H2,1-5H3. The van der Waals surface area contributed by atoms with Gasteiger partial charge in [0.15, 0.2) is 0 Å². The van der Waals surface area contributed by atoms with E-state index in [0.29, 0.717) is 36.4 Å². The first-order chi connectivity index (χ1) is 17.0. The number of piperazine rings is 1. The van der Waals surface area contributed by atoms with Crippen LogP contribution >= 0.6 is 0 Å². The van der Waals surface area contributed by atoms with Crippen molar-refractivity contribution in [2.45, 2.75) is 69.9 Å². The van der Waals surface area contributed by atoms with Gasteiger partial charge in [-0.15, -0.1) is 0 Å². The lowest BCUT2D eigenvalue weighted by Crippen LogP contribution is -2.72. The Bertz CT molecular complexity index is 1220. The summed E-state index contributed by atoms with van der Waals surface area (Å²) in [5.74, 6) is -1.12. The molecule has 5 unspecified atom stereocenters. The molecule has 36 heavy (non-hydrogen) atoms. The summed E-state index contributed by atoms with van der Waals surface area (Å²) in [6, 6.07) is 3.34. The van der Waals surface area contributed by atoms with Crippen LogP contribution in [-0.4, -0.2) is 81.8 Å². The van der Waals surface area contributed by atoms with Gasteiger partial charge in [-0.1, -0.05) is 29.4 Å². The van der Waals surface area contributed by atoms with E-state index in [1.807, 2.05) is 33.8 Å². The molecule has 2 N–H and O–H groups in total. The Labute approximate surface area is 210 Å². The lowest BCUT2D eigenvalue weighted by molar-refractivity contribution is -0.206. The summed E-state index contributed by atoms with van der Waals surface area (Å²) in [6.07, 6.45) is 2.86. The van der Waals surface area contributed by atoms with Crippen molar-refractivity contribution in [2.75, 3.05) is 25.1 Å². The Hall–Kier alpha value is -3.17. The molecule has 0 aromatic heterocycles. The van der Waals surface area contributed by atoms with E-state index in [1.54, 1.807) is 24.3 Å². The van der Waals surface area contributed by atoms with Crippen LogP contribution < -0.4 is 9.64 Å². The molecule has 3 fully saturated rings. The fraction of sp³-hybridized carbons (Fsp3) is 0.519. The summed E-state index contributed by atoms with van der Waals surface area (Å²) in [4.78, 5) is 45.9. The average molecular weight is 496 g/mol. The first kappa shape index (κ1) is 24.5. The van der Waals surface area contributed by atoms with E-state index in [2.05, 4.69) is 0 Å². The van der Waals surface area contributed by atoms with E-state index in [-0.39, 0.29) is 6.54 Å². The number of fused-ring (bicyclic) bond motifs is 4. The molecule has 4 heterocycles. The van der Waals surface area contributed by atoms with Crippen LogP contribution in [0.2, 0.25) is 0 Å². The third-order valence-corrected chi connectivity index (χ3v) is 7.99. The lowest BCUT2D eigenvalue weighted by Gasteiger charge is -2.45. The quantitative estimate of drug-likeness (QED) is 0.613. The van der Waals surface area contributed by atoms with Gasteiger partial charge in [0.2, 0.25) is 17.5 Å². The smallest absolute Gasteiger partial charge is 0.279 e. The molecular formula is C27H33N3O6. The van der Waals surface area contributed by atoms with Gasteiger partial charge in [0.25, 0.3) is 5.91 Å². The number of nitrogens with zero attached hydrogens (tertiary/aromatic N) is 3. The van der Waals surface area contributed by atoms with Gasteiger partial charge in [-0.25, -0.2) is 0 Å². The van der Waals surface area contributed by atoms with Gasteiger partial charge in [0, 0.05) is 19.2 Å². The monoisotopic (exact) mass is 495 g/mol. The molecule has 4 aliphatic heterocycles. The maximum absolute atomic E-state index is 14.4. The van der Waals surface area contributed by atoms with Gasteiger partial charge >= 0.3 is 0 Å². The van der Waals surface area contributed by atoms with Crippen LogP contribution in [-0.2, 0) is 19.8 Å². The summed E-state index contributed by atoms with van der Waals surface area (Å²) >= 11 is 0. The second kappa shape index (κ2) is 8.18. The maximum atomic E-state index is 14.4. The highest BCUT2D eigenvalue weighted by Gasteiger charge is 2.79. The van der Waals surface area contributed by atoms with E-state index in [0.717, 1.165) is 16.0 Å². The van der Waals surface area contributed by atoms with Gasteiger partial charge in [-0.2, -0.15) is 0 Å². The lowest BCUT2D eigenvalue weighted by atomic mass is 9.71. The van der Waals surface area contributed by atoms with Crippen LogP contribution in [0.5, 0.6) is 5.75 Å². The summed E-state index contributed by atoms with van der Waals surface area (Å²) < 4.78 is 5.41. The van der Waals surface area contributed by atoms with E-state index in [1.165, 1.54) is 16.9 Å². The van der Waals surface area contributed by atoms with Crippen LogP contribution in [0.25, 0.3) is 0 Å². The van der Waals surface area contributed by atoms with E-state index in [4.69, 9.17) is 4.74 Å². The number of ether oxygens (including phenoxy) is 1. The predicted octanol–water partition coefficient (Wildman–Crippen LogP) is 1.48.